The molecule has 1 fully saturated rings. The number of hydrogen-bond donors (Lipinski definition) is 7. The van der Waals surface area contributed by atoms with E-state index >= 15 is 0 Å². The second-order valence-corrected chi connectivity index (χ2v) is 18.4. The minimum atomic E-state index is -5.38. The molecule has 0 aliphatic heterocycles. The number of aliphatic hydroxyl groups excluding tert-OH is 4. The molecule has 0 heterocycles. The van der Waals surface area contributed by atoms with Gasteiger partial charge in [-0.15, -0.1) is 0 Å². The molecule has 0 saturated heterocycles. The van der Waals surface area contributed by atoms with Gasteiger partial charge in [-0.25, -0.2) is 9.13 Å². The van der Waals surface area contributed by atoms with Gasteiger partial charge >= 0.3 is 27.6 Å². The van der Waals surface area contributed by atoms with E-state index in [9.17, 15) is 48.8 Å². The largest absolute Gasteiger partial charge is 0.472 e. The highest BCUT2D eigenvalue weighted by Crippen LogP contribution is 2.49. The van der Waals surface area contributed by atoms with E-state index in [0.29, 0.717) is 44.9 Å². The first kappa shape index (κ1) is 59.4. The van der Waals surface area contributed by atoms with Crippen LogP contribution in [0.2, 0.25) is 0 Å². The number of hydrogen-bond acceptors (Lipinski definition) is 14. The Morgan fingerprint density at radius 2 is 1.05 bits per heavy atom. The van der Waals surface area contributed by atoms with Crippen LogP contribution in [0.25, 0.3) is 0 Å². The van der Waals surface area contributed by atoms with Gasteiger partial charge in [-0.2, -0.15) is 0 Å². The third kappa shape index (κ3) is 29.8. The summed E-state index contributed by atoms with van der Waals surface area (Å²) in [6.45, 7) is 2.87. The van der Waals surface area contributed by atoms with Crippen LogP contribution in [0, 0.1) is 0 Å². The SMILES string of the molecule is CCCCC/C=C\C=C\C(=O)CCCCCCCC(=O)OC[C@H](COP(=O)(O)O[C@H]1C(O)C(O)C(O)[C@@H](OP(=O)(O)O)C1O)OC(=O)CCCC/C=C\C/C=C\C/C=C\CCCCC. The molecule has 0 bridgehead atoms. The molecule has 0 aromatic heterocycles. The number of phosphoric acid groups is 2. The third-order valence-electron chi connectivity index (χ3n) is 10.0. The van der Waals surface area contributed by atoms with Crippen molar-refractivity contribution < 1.29 is 81.7 Å². The van der Waals surface area contributed by atoms with Crippen molar-refractivity contribution in [1.29, 1.82) is 0 Å². The summed E-state index contributed by atoms with van der Waals surface area (Å²) >= 11 is 0. The smallest absolute Gasteiger partial charge is 0.462 e. The minimum Gasteiger partial charge on any atom is -0.462 e. The molecule has 7 N–H and O–H groups in total. The third-order valence-corrected chi connectivity index (χ3v) is 11.5. The fraction of sp³-hybridized carbons (Fsp3) is 0.711. The number of carbonyl (C=O) groups is 3. The van der Waals surface area contributed by atoms with Crippen LogP contribution < -0.4 is 0 Å². The first-order chi connectivity index (χ1) is 30.5. The zero-order chi connectivity index (χ0) is 47.6. The fourth-order valence-corrected chi connectivity index (χ4v) is 7.96. The number of ether oxygens (including phenoxy) is 2. The number of aliphatic hydroxyl groups is 4. The highest BCUT2D eigenvalue weighted by molar-refractivity contribution is 7.47. The number of esters is 2. The van der Waals surface area contributed by atoms with Crippen LogP contribution in [0.5, 0.6) is 0 Å². The fourth-order valence-electron chi connectivity index (χ4n) is 6.42. The number of phosphoric ester groups is 2. The van der Waals surface area contributed by atoms with Crippen LogP contribution in [0.15, 0.2) is 60.8 Å². The van der Waals surface area contributed by atoms with Crippen LogP contribution in [0.1, 0.15) is 149 Å². The Hall–Kier alpha value is -2.63. The van der Waals surface area contributed by atoms with Crippen molar-refractivity contribution >= 4 is 33.4 Å². The van der Waals surface area contributed by atoms with Gasteiger partial charge in [0.15, 0.2) is 11.9 Å². The molecule has 1 aliphatic carbocycles. The predicted octanol–water partition coefficient (Wildman–Crippen LogP) is 7.46. The van der Waals surface area contributed by atoms with Crippen LogP contribution in [-0.4, -0.2) is 109 Å². The molecule has 1 saturated carbocycles. The molecule has 0 radical (unpaired) electrons. The molecule has 0 amide bonds. The van der Waals surface area contributed by atoms with Crippen molar-refractivity contribution in [3.8, 4) is 0 Å². The lowest BCUT2D eigenvalue weighted by molar-refractivity contribution is -0.216. The van der Waals surface area contributed by atoms with Gasteiger partial charge in [-0.3, -0.25) is 28.0 Å². The summed E-state index contributed by atoms with van der Waals surface area (Å²) in [6.07, 6.45) is 21.5. The molecular weight excluding hydrogens is 874 g/mol. The van der Waals surface area contributed by atoms with E-state index in [4.69, 9.17) is 28.3 Å². The molecule has 17 nitrogen and oxygen atoms in total. The normalized spacial score (nSPS) is 22.3. The van der Waals surface area contributed by atoms with Gasteiger partial charge in [0.1, 0.15) is 43.2 Å². The van der Waals surface area contributed by atoms with Crippen LogP contribution in [0.4, 0.5) is 0 Å². The molecule has 64 heavy (non-hydrogen) atoms. The summed E-state index contributed by atoms with van der Waals surface area (Å²) in [4.78, 5) is 66.2. The maximum absolute atomic E-state index is 13.0. The summed E-state index contributed by atoms with van der Waals surface area (Å²) in [5, 5.41) is 41.2. The second kappa shape index (κ2) is 35.5. The number of allylic oxidation sites excluding steroid dienone is 10. The molecule has 0 aromatic carbocycles. The van der Waals surface area contributed by atoms with E-state index in [1.54, 1.807) is 12.2 Å². The number of rotatable bonds is 37. The van der Waals surface area contributed by atoms with E-state index in [-0.39, 0.29) is 18.6 Å². The van der Waals surface area contributed by atoms with Crippen molar-refractivity contribution in [3.05, 3.63) is 60.8 Å². The Balaban J connectivity index is 2.68. The first-order valence-corrected chi connectivity index (χ1v) is 25.8. The van der Waals surface area contributed by atoms with E-state index < -0.39 is 83.5 Å². The lowest BCUT2D eigenvalue weighted by Crippen LogP contribution is -2.64. The quantitative estimate of drug-likeness (QED) is 0.00795. The van der Waals surface area contributed by atoms with Crippen LogP contribution in [0.3, 0.4) is 0 Å². The van der Waals surface area contributed by atoms with Crippen molar-refractivity contribution in [3.63, 3.8) is 0 Å². The van der Waals surface area contributed by atoms with Crippen LogP contribution >= 0.6 is 15.6 Å². The zero-order valence-electron chi connectivity index (χ0n) is 37.7. The summed E-state index contributed by atoms with van der Waals surface area (Å²) in [7, 11) is -10.7. The van der Waals surface area contributed by atoms with Crippen molar-refractivity contribution in [2.45, 2.75) is 191 Å². The van der Waals surface area contributed by atoms with E-state index in [1.807, 2.05) is 18.2 Å². The Morgan fingerprint density at radius 3 is 1.64 bits per heavy atom. The topological polar surface area (TPSA) is 273 Å². The summed E-state index contributed by atoms with van der Waals surface area (Å²) in [5.74, 6) is -1.30. The van der Waals surface area contributed by atoms with Gasteiger partial charge in [-0.1, -0.05) is 113 Å². The summed E-state index contributed by atoms with van der Waals surface area (Å²) < 4.78 is 49.2. The van der Waals surface area contributed by atoms with Gasteiger partial charge in [0.25, 0.3) is 0 Å². The summed E-state index contributed by atoms with van der Waals surface area (Å²) in [6, 6.07) is 0. The highest BCUT2D eigenvalue weighted by Gasteiger charge is 2.54. The average molecular weight is 951 g/mol. The van der Waals surface area contributed by atoms with Gasteiger partial charge in [-0.05, 0) is 76.7 Å². The first-order valence-electron chi connectivity index (χ1n) is 22.8. The van der Waals surface area contributed by atoms with Gasteiger partial charge < -0.3 is 44.6 Å². The standard InChI is InChI=1S/C45H76O17P2/c1-3-5-7-9-11-12-13-14-15-16-17-18-20-24-29-33-39(48)60-37(34-58-38(47)32-28-25-21-23-27-31-36(46)30-26-22-19-10-8-6-4-2)35-59-64(56,57)62-45-42(51)40(49)41(50)44(43(45)52)61-63(53,54)55/h11-12,14-15,17-19,22,26,30,37,40-45,49-52H,3-10,13,16,20-21,23-25,27-29,31-35H2,1-2H3,(H,56,57)(H2,53,54,55)/b12-11-,15-14-,18-17-,22-19-,30-26+/t37-,40?,41?,42?,43?,44-,45+/m1/s1. The lowest BCUT2D eigenvalue weighted by atomic mass is 9.85. The van der Waals surface area contributed by atoms with Crippen molar-refractivity contribution in [2.75, 3.05) is 13.2 Å². The van der Waals surface area contributed by atoms with Gasteiger partial charge in [0.2, 0.25) is 0 Å². The average Bonchev–Trinajstić information content (AvgIpc) is 3.24. The molecule has 8 atom stereocenters. The molecular formula is C45H76O17P2. The van der Waals surface area contributed by atoms with E-state index in [0.717, 1.165) is 51.4 Å². The predicted molar refractivity (Wildman–Crippen MR) is 241 cm³/mol. The maximum Gasteiger partial charge on any atom is 0.472 e. The Kier molecular flexibility index (Phi) is 33.0. The molecule has 1 rings (SSSR count). The molecule has 1 aliphatic rings. The van der Waals surface area contributed by atoms with Crippen molar-refractivity contribution in [2.24, 2.45) is 0 Å². The molecule has 0 aromatic rings. The summed E-state index contributed by atoms with van der Waals surface area (Å²) in [5.41, 5.74) is 0. The Labute approximate surface area is 379 Å². The molecule has 368 valence electrons. The zero-order valence-corrected chi connectivity index (χ0v) is 39.5. The number of carbonyl (C=O) groups excluding carboxylic acids is 3. The molecule has 0 spiro atoms. The molecule has 5 unspecified atom stereocenters. The minimum absolute atomic E-state index is 0.0261. The number of ketones is 1. The highest BCUT2D eigenvalue weighted by atomic mass is 31.2. The molecule has 19 heteroatoms. The van der Waals surface area contributed by atoms with E-state index in [1.165, 1.54) is 25.7 Å². The van der Waals surface area contributed by atoms with Gasteiger partial charge in [0, 0.05) is 19.3 Å². The van der Waals surface area contributed by atoms with Crippen molar-refractivity contribution in [1.82, 2.24) is 0 Å². The lowest BCUT2D eigenvalue weighted by Gasteiger charge is -2.43. The monoisotopic (exact) mass is 950 g/mol. The number of unbranched alkanes of at least 4 members (excludes halogenated alkanes) is 12. The Morgan fingerprint density at radius 1 is 0.547 bits per heavy atom. The van der Waals surface area contributed by atoms with E-state index in [2.05, 4.69) is 48.8 Å². The Bertz CT molecular complexity index is 1540. The van der Waals surface area contributed by atoms with Crippen LogP contribution in [-0.2, 0) is 46.6 Å². The maximum atomic E-state index is 13.0. The second-order valence-electron chi connectivity index (χ2n) is 15.8. The van der Waals surface area contributed by atoms with Gasteiger partial charge in [0.05, 0.1) is 6.61 Å².